The van der Waals surface area contributed by atoms with Crippen molar-refractivity contribution in [1.82, 2.24) is 29.6 Å². The fourth-order valence-corrected chi connectivity index (χ4v) is 2.87. The Bertz CT molecular complexity index is 1160. The minimum Gasteiger partial charge on any atom is -0.481 e. The highest BCUT2D eigenvalue weighted by atomic mass is 35.5. The Morgan fingerprint density at radius 1 is 1.28 bits per heavy atom. The number of likely N-dealkylation sites (N-methyl/N-ethyl adjacent to an activating group) is 1. The van der Waals surface area contributed by atoms with Gasteiger partial charge in [-0.15, -0.1) is 0 Å². The van der Waals surface area contributed by atoms with Crippen LogP contribution in [0.4, 0.5) is 5.69 Å². The lowest BCUT2D eigenvalue weighted by Gasteiger charge is -2.10. The molecule has 11 nitrogen and oxygen atoms in total. The molecule has 166 valence electrons. The fraction of sp³-hybridized carbons (Fsp3) is 0.200. The monoisotopic (exact) mass is 456 g/mol. The Morgan fingerprint density at radius 2 is 2.00 bits per heavy atom. The number of nitrogens with zero attached hydrogens (tertiary/aromatic N) is 6. The van der Waals surface area contributed by atoms with Crippen LogP contribution in [0.5, 0.6) is 5.88 Å². The van der Waals surface area contributed by atoms with Crippen molar-refractivity contribution >= 4 is 34.7 Å². The van der Waals surface area contributed by atoms with E-state index < -0.39 is 5.91 Å². The highest BCUT2D eigenvalue weighted by Gasteiger charge is 2.22. The van der Waals surface area contributed by atoms with Crippen molar-refractivity contribution in [2.75, 3.05) is 26.5 Å². The van der Waals surface area contributed by atoms with Crippen LogP contribution in [0, 0.1) is 0 Å². The first-order chi connectivity index (χ1) is 15.3. The first-order valence-electron chi connectivity index (χ1n) is 9.32. The molecule has 0 atom stereocenters. The molecule has 0 aliphatic heterocycles. The third-order valence-electron chi connectivity index (χ3n) is 4.29. The van der Waals surface area contributed by atoms with Crippen molar-refractivity contribution in [3.05, 3.63) is 54.0 Å². The average Bonchev–Trinajstić information content (AvgIpc) is 3.16. The number of carbonyl (C=O) groups excluding carboxylic acids is 2. The van der Waals surface area contributed by atoms with Gasteiger partial charge in [0, 0.05) is 45.1 Å². The van der Waals surface area contributed by atoms with Crippen molar-refractivity contribution in [1.29, 1.82) is 0 Å². The molecular weight excluding hydrogens is 436 g/mol. The molecule has 0 aliphatic carbocycles. The Balaban J connectivity index is 2.04. The quantitative estimate of drug-likeness (QED) is 0.508. The molecule has 0 spiro atoms. The number of methoxy groups -OCH3 is 1. The maximum atomic E-state index is 13.0. The zero-order valence-corrected chi connectivity index (χ0v) is 18.4. The van der Waals surface area contributed by atoms with Crippen LogP contribution in [-0.2, 0) is 16.1 Å². The number of aromatic nitrogens is 5. The number of carbonyl (C=O) groups is 2. The Hall–Kier alpha value is -3.99. The van der Waals surface area contributed by atoms with Gasteiger partial charge in [0.15, 0.2) is 5.82 Å². The van der Waals surface area contributed by atoms with Crippen molar-refractivity contribution in [3.63, 3.8) is 0 Å². The zero-order valence-electron chi connectivity index (χ0n) is 17.6. The van der Waals surface area contributed by atoms with E-state index in [1.807, 2.05) is 0 Å². The Morgan fingerprint density at radius 3 is 2.62 bits per heavy atom. The summed E-state index contributed by atoms with van der Waals surface area (Å²) in [7, 11) is 4.72. The van der Waals surface area contributed by atoms with Crippen molar-refractivity contribution < 1.29 is 14.3 Å². The normalized spacial score (nSPS) is 11.2. The zero-order chi connectivity index (χ0) is 23.3. The molecule has 0 aliphatic rings. The van der Waals surface area contributed by atoms with Crippen LogP contribution in [0.2, 0.25) is 5.02 Å². The molecule has 0 bridgehead atoms. The molecule has 2 amide bonds. The molecule has 0 saturated carbocycles. The number of ether oxygens (including phenoxy) is 1. The van der Waals surface area contributed by atoms with Crippen LogP contribution in [0.15, 0.2) is 43.1 Å². The number of anilines is 1. The fourth-order valence-electron chi connectivity index (χ4n) is 2.71. The second kappa shape index (κ2) is 9.88. The van der Waals surface area contributed by atoms with Crippen LogP contribution in [0.25, 0.3) is 16.8 Å². The molecule has 0 fully saturated rings. The number of pyridine rings is 1. The summed E-state index contributed by atoms with van der Waals surface area (Å²) in [6, 6.07) is 3.22. The third kappa shape index (κ3) is 5.01. The van der Waals surface area contributed by atoms with Gasteiger partial charge in [-0.3, -0.25) is 14.3 Å². The van der Waals surface area contributed by atoms with E-state index in [2.05, 4.69) is 25.4 Å². The van der Waals surface area contributed by atoms with Crippen LogP contribution in [-0.4, -0.2) is 62.7 Å². The van der Waals surface area contributed by atoms with Gasteiger partial charge in [-0.25, -0.2) is 15.0 Å². The number of rotatable bonds is 7. The lowest BCUT2D eigenvalue weighted by molar-refractivity contribution is -0.129. The standard InChI is InChI=1S/C20H21ClN8O3/c1-28(2)16(30)11-29-10-15(17(27-29)13-7-12(21)9-25-20(13)32-3)26-19(31)14(8-22)18-23-5-4-6-24-18/h4-10H,11,22H2,1-3H3,(H,26,31). The van der Waals surface area contributed by atoms with E-state index >= 15 is 0 Å². The molecule has 0 radical (unpaired) electrons. The van der Waals surface area contributed by atoms with E-state index in [0.29, 0.717) is 22.0 Å². The SMILES string of the molecule is COc1ncc(Cl)cc1-c1nn(CC(=O)N(C)C)cc1NC(=O)C(=CN)c1ncccn1. The maximum Gasteiger partial charge on any atom is 0.261 e. The smallest absolute Gasteiger partial charge is 0.261 e. The van der Waals surface area contributed by atoms with Gasteiger partial charge in [-0.1, -0.05) is 11.6 Å². The number of halogens is 1. The number of hydrogen-bond acceptors (Lipinski definition) is 8. The number of amides is 2. The number of nitrogens with two attached hydrogens (primary N) is 1. The van der Waals surface area contributed by atoms with Crippen molar-refractivity contribution in [3.8, 4) is 17.1 Å². The topological polar surface area (TPSA) is 141 Å². The van der Waals surface area contributed by atoms with E-state index in [-0.39, 0.29) is 29.7 Å². The van der Waals surface area contributed by atoms with Crippen LogP contribution in [0.3, 0.4) is 0 Å². The highest BCUT2D eigenvalue weighted by Crippen LogP contribution is 2.34. The molecule has 0 aromatic carbocycles. The lowest BCUT2D eigenvalue weighted by Crippen LogP contribution is -2.26. The van der Waals surface area contributed by atoms with Gasteiger partial charge in [-0.05, 0) is 12.1 Å². The van der Waals surface area contributed by atoms with Crippen LogP contribution in [0.1, 0.15) is 5.82 Å². The molecule has 32 heavy (non-hydrogen) atoms. The molecule has 0 unspecified atom stereocenters. The minimum absolute atomic E-state index is 0.0481. The van der Waals surface area contributed by atoms with E-state index in [4.69, 9.17) is 22.1 Å². The van der Waals surface area contributed by atoms with Crippen molar-refractivity contribution in [2.45, 2.75) is 6.54 Å². The highest BCUT2D eigenvalue weighted by molar-refractivity contribution is 6.30. The predicted octanol–water partition coefficient (Wildman–Crippen LogP) is 1.42. The summed E-state index contributed by atoms with van der Waals surface area (Å²) in [5, 5.41) is 7.55. The third-order valence-corrected chi connectivity index (χ3v) is 4.50. The van der Waals surface area contributed by atoms with Crippen LogP contribution < -0.4 is 15.8 Å². The van der Waals surface area contributed by atoms with Crippen molar-refractivity contribution in [2.24, 2.45) is 5.73 Å². The van der Waals surface area contributed by atoms with Gasteiger partial charge in [0.2, 0.25) is 11.8 Å². The predicted molar refractivity (Wildman–Crippen MR) is 119 cm³/mol. The number of hydrogen-bond donors (Lipinski definition) is 2. The second-order valence-corrected chi connectivity index (χ2v) is 7.13. The largest absolute Gasteiger partial charge is 0.481 e. The summed E-state index contributed by atoms with van der Waals surface area (Å²) in [5.41, 5.74) is 6.75. The van der Waals surface area contributed by atoms with Gasteiger partial charge < -0.3 is 20.7 Å². The summed E-state index contributed by atoms with van der Waals surface area (Å²) in [4.78, 5) is 38.8. The molecule has 3 heterocycles. The van der Waals surface area contributed by atoms with Gasteiger partial charge in [0.05, 0.1) is 29.0 Å². The molecule has 3 aromatic heterocycles. The maximum absolute atomic E-state index is 13.0. The molecule has 12 heteroatoms. The lowest BCUT2D eigenvalue weighted by atomic mass is 10.1. The van der Waals surface area contributed by atoms with Gasteiger partial charge in [-0.2, -0.15) is 5.10 Å². The molecular formula is C20H21ClN8O3. The van der Waals surface area contributed by atoms with Gasteiger partial charge in [0.1, 0.15) is 12.2 Å². The van der Waals surface area contributed by atoms with Crippen LogP contribution >= 0.6 is 11.6 Å². The Kier molecular flexibility index (Phi) is 7.00. The first-order valence-corrected chi connectivity index (χ1v) is 9.70. The Labute approximate surface area is 188 Å². The summed E-state index contributed by atoms with van der Waals surface area (Å²) in [6.07, 6.45) is 7.06. The molecule has 3 aromatic rings. The summed E-state index contributed by atoms with van der Waals surface area (Å²) in [6.45, 7) is -0.0481. The molecule has 3 rings (SSSR count). The van der Waals surface area contributed by atoms with E-state index in [1.165, 1.54) is 41.5 Å². The van der Waals surface area contributed by atoms with Gasteiger partial charge in [0.25, 0.3) is 5.91 Å². The summed E-state index contributed by atoms with van der Waals surface area (Å²) >= 11 is 6.12. The average molecular weight is 457 g/mol. The summed E-state index contributed by atoms with van der Waals surface area (Å²) in [5.74, 6) is -0.345. The van der Waals surface area contributed by atoms with E-state index in [9.17, 15) is 9.59 Å². The molecule has 3 N–H and O–H groups in total. The number of nitrogens with one attached hydrogen (secondary N) is 1. The second-order valence-electron chi connectivity index (χ2n) is 6.69. The molecule has 0 saturated heterocycles. The van der Waals surface area contributed by atoms with E-state index in [1.54, 1.807) is 26.2 Å². The first kappa shape index (κ1) is 22.7. The summed E-state index contributed by atoms with van der Waals surface area (Å²) < 4.78 is 6.72. The van der Waals surface area contributed by atoms with Gasteiger partial charge >= 0.3 is 0 Å². The minimum atomic E-state index is -0.563. The van der Waals surface area contributed by atoms with E-state index in [0.717, 1.165) is 6.20 Å².